The number of hydrogen-bond acceptors (Lipinski definition) is 2. The Bertz CT molecular complexity index is 416. The molecule has 1 heterocycles. The van der Waals surface area contributed by atoms with Gasteiger partial charge in [0.15, 0.2) is 0 Å². The van der Waals surface area contributed by atoms with Crippen LogP contribution in [0.3, 0.4) is 0 Å². The van der Waals surface area contributed by atoms with E-state index in [1.807, 2.05) is 0 Å². The molecule has 5 aliphatic rings. The second kappa shape index (κ2) is 4.36. The minimum Gasteiger partial charge on any atom is -0.340 e. The number of likely N-dealkylation sites (N-methyl/N-ethyl adjacent to an activating group) is 1. The SMILES string of the molecule is CN1CCN(C(=O)C23CC4CC(CC(Cl)(C4)C2)C3)CC1. The number of carbonyl (C=O) groups excluding carboxylic acids is 1. The summed E-state index contributed by atoms with van der Waals surface area (Å²) in [7, 11) is 2.14. The first kappa shape index (κ1) is 13.4. The van der Waals surface area contributed by atoms with Crippen LogP contribution >= 0.6 is 11.6 Å². The second-order valence-corrected chi connectivity index (χ2v) is 8.79. The van der Waals surface area contributed by atoms with Gasteiger partial charge >= 0.3 is 0 Å². The Morgan fingerprint density at radius 2 is 1.65 bits per heavy atom. The smallest absolute Gasteiger partial charge is 0.228 e. The summed E-state index contributed by atoms with van der Waals surface area (Å²) < 4.78 is 0. The van der Waals surface area contributed by atoms with Crippen molar-refractivity contribution in [1.82, 2.24) is 9.80 Å². The highest BCUT2D eigenvalue weighted by molar-refractivity contribution is 6.24. The summed E-state index contributed by atoms with van der Waals surface area (Å²) >= 11 is 6.85. The van der Waals surface area contributed by atoms with Crippen LogP contribution in [0.4, 0.5) is 0 Å². The van der Waals surface area contributed by atoms with Crippen LogP contribution < -0.4 is 0 Å². The highest BCUT2D eigenvalue weighted by Crippen LogP contribution is 2.64. The number of rotatable bonds is 1. The molecule has 1 amide bonds. The summed E-state index contributed by atoms with van der Waals surface area (Å²) in [5, 5.41) is 0. The van der Waals surface area contributed by atoms with Gasteiger partial charge in [0.25, 0.3) is 0 Å². The zero-order valence-electron chi connectivity index (χ0n) is 12.4. The molecule has 3 nitrogen and oxygen atoms in total. The largest absolute Gasteiger partial charge is 0.340 e. The fourth-order valence-corrected chi connectivity index (χ4v) is 6.44. The van der Waals surface area contributed by atoms with Crippen molar-refractivity contribution >= 4 is 17.5 Å². The molecule has 0 radical (unpaired) electrons. The minimum absolute atomic E-state index is 0.0493. The van der Waals surface area contributed by atoms with Crippen LogP contribution in [-0.4, -0.2) is 53.8 Å². The maximum Gasteiger partial charge on any atom is 0.228 e. The first-order valence-corrected chi connectivity index (χ1v) is 8.53. The Labute approximate surface area is 126 Å². The molecule has 0 spiro atoms. The third kappa shape index (κ3) is 2.00. The van der Waals surface area contributed by atoms with E-state index >= 15 is 0 Å². The van der Waals surface area contributed by atoms with E-state index < -0.39 is 0 Å². The Morgan fingerprint density at radius 3 is 2.20 bits per heavy atom. The molecule has 1 aliphatic heterocycles. The normalized spacial score (nSPS) is 47.8. The van der Waals surface area contributed by atoms with Gasteiger partial charge in [0.2, 0.25) is 5.91 Å². The molecule has 2 unspecified atom stereocenters. The van der Waals surface area contributed by atoms with Crippen LogP contribution in [0, 0.1) is 17.3 Å². The number of piperazine rings is 1. The zero-order valence-corrected chi connectivity index (χ0v) is 13.2. The lowest BCUT2D eigenvalue weighted by atomic mass is 9.49. The van der Waals surface area contributed by atoms with Crippen molar-refractivity contribution < 1.29 is 4.79 Å². The van der Waals surface area contributed by atoms with Gasteiger partial charge in [-0.2, -0.15) is 0 Å². The predicted octanol–water partition coefficient (Wildman–Crippen LogP) is 2.34. The lowest BCUT2D eigenvalue weighted by molar-refractivity contribution is -0.157. The van der Waals surface area contributed by atoms with Crippen LogP contribution in [-0.2, 0) is 4.79 Å². The van der Waals surface area contributed by atoms with E-state index in [1.54, 1.807) is 0 Å². The quantitative estimate of drug-likeness (QED) is 0.694. The van der Waals surface area contributed by atoms with Gasteiger partial charge in [-0.25, -0.2) is 0 Å². The number of carbonyl (C=O) groups is 1. The third-order valence-corrected chi connectivity index (χ3v) is 6.68. The summed E-state index contributed by atoms with van der Waals surface area (Å²) in [5.41, 5.74) is -0.0955. The van der Waals surface area contributed by atoms with Crippen molar-refractivity contribution in [2.45, 2.75) is 43.4 Å². The number of nitrogens with zero attached hydrogens (tertiary/aromatic N) is 2. The highest BCUT2D eigenvalue weighted by atomic mass is 35.5. The van der Waals surface area contributed by atoms with Gasteiger partial charge in [0.1, 0.15) is 0 Å². The molecule has 20 heavy (non-hydrogen) atoms. The topological polar surface area (TPSA) is 23.6 Å². The summed E-state index contributed by atoms with van der Waals surface area (Å²) in [5.74, 6) is 1.86. The Morgan fingerprint density at radius 1 is 1.05 bits per heavy atom. The summed E-state index contributed by atoms with van der Waals surface area (Å²) in [4.78, 5) is 17.5. The molecule has 5 fully saturated rings. The van der Waals surface area contributed by atoms with E-state index in [0.29, 0.717) is 17.7 Å². The summed E-state index contributed by atoms with van der Waals surface area (Å²) in [6.07, 6.45) is 6.81. The Balaban J connectivity index is 1.56. The van der Waals surface area contributed by atoms with E-state index in [-0.39, 0.29) is 10.3 Å². The molecule has 4 saturated carbocycles. The monoisotopic (exact) mass is 296 g/mol. The molecule has 4 bridgehead atoms. The maximum atomic E-state index is 13.1. The fraction of sp³-hybridized carbons (Fsp3) is 0.938. The fourth-order valence-electron chi connectivity index (χ4n) is 5.75. The lowest BCUT2D eigenvalue weighted by Gasteiger charge is -2.60. The molecule has 0 N–H and O–H groups in total. The molecule has 0 aromatic heterocycles. The Hall–Kier alpha value is -0.280. The van der Waals surface area contributed by atoms with Crippen LogP contribution in [0.25, 0.3) is 0 Å². The van der Waals surface area contributed by atoms with Gasteiger partial charge in [-0.3, -0.25) is 4.79 Å². The van der Waals surface area contributed by atoms with E-state index in [0.717, 1.165) is 58.3 Å². The van der Waals surface area contributed by atoms with Crippen molar-refractivity contribution in [3.63, 3.8) is 0 Å². The molecule has 4 heteroatoms. The Kier molecular flexibility index (Phi) is 2.92. The molecule has 112 valence electrons. The predicted molar refractivity (Wildman–Crippen MR) is 79.8 cm³/mol. The van der Waals surface area contributed by atoms with E-state index in [1.165, 1.54) is 6.42 Å². The van der Waals surface area contributed by atoms with Gasteiger partial charge in [-0.05, 0) is 57.4 Å². The lowest BCUT2D eigenvalue weighted by Crippen LogP contribution is -2.61. The number of alkyl halides is 1. The molecule has 5 rings (SSSR count). The van der Waals surface area contributed by atoms with Gasteiger partial charge in [0.05, 0.1) is 5.41 Å². The van der Waals surface area contributed by atoms with Crippen molar-refractivity contribution in [2.75, 3.05) is 33.2 Å². The molecular formula is C16H25ClN2O. The van der Waals surface area contributed by atoms with Gasteiger partial charge in [-0.1, -0.05) is 0 Å². The van der Waals surface area contributed by atoms with Gasteiger partial charge < -0.3 is 9.80 Å². The number of hydrogen-bond donors (Lipinski definition) is 0. The van der Waals surface area contributed by atoms with E-state index in [2.05, 4.69) is 16.8 Å². The molecule has 4 aliphatic carbocycles. The zero-order chi connectivity index (χ0) is 14.0. The second-order valence-electron chi connectivity index (χ2n) is 7.99. The van der Waals surface area contributed by atoms with Gasteiger partial charge in [-0.15, -0.1) is 11.6 Å². The molecule has 0 aromatic rings. The molecule has 1 saturated heterocycles. The van der Waals surface area contributed by atoms with Crippen molar-refractivity contribution in [1.29, 1.82) is 0 Å². The highest BCUT2D eigenvalue weighted by Gasteiger charge is 2.60. The molecule has 2 atom stereocenters. The van der Waals surface area contributed by atoms with Crippen LogP contribution in [0.5, 0.6) is 0 Å². The summed E-state index contributed by atoms with van der Waals surface area (Å²) in [6, 6.07) is 0. The van der Waals surface area contributed by atoms with Crippen molar-refractivity contribution in [3.8, 4) is 0 Å². The number of amides is 1. The van der Waals surface area contributed by atoms with E-state index in [9.17, 15) is 4.79 Å². The average Bonchev–Trinajstić information content (AvgIpc) is 2.36. The van der Waals surface area contributed by atoms with Crippen molar-refractivity contribution in [2.24, 2.45) is 17.3 Å². The maximum absolute atomic E-state index is 13.1. The standard InChI is InChI=1S/C16H25ClN2O/c1-18-2-4-19(5-3-18)14(20)15-7-12-6-13(8-15)10-16(17,9-12)11-15/h12-13H,2-11H2,1H3. The van der Waals surface area contributed by atoms with Crippen molar-refractivity contribution in [3.05, 3.63) is 0 Å². The average molecular weight is 297 g/mol. The summed E-state index contributed by atoms with van der Waals surface area (Å²) in [6.45, 7) is 3.84. The minimum atomic E-state index is -0.0955. The first-order valence-electron chi connectivity index (χ1n) is 8.15. The van der Waals surface area contributed by atoms with Gasteiger partial charge in [0, 0.05) is 31.1 Å². The first-order chi connectivity index (χ1) is 9.48. The number of halogens is 1. The molecule has 0 aromatic carbocycles. The van der Waals surface area contributed by atoms with Crippen LogP contribution in [0.1, 0.15) is 38.5 Å². The molecular weight excluding hydrogens is 272 g/mol. The van der Waals surface area contributed by atoms with E-state index in [4.69, 9.17) is 11.6 Å². The third-order valence-electron chi connectivity index (χ3n) is 6.23. The van der Waals surface area contributed by atoms with Crippen LogP contribution in [0.15, 0.2) is 0 Å². The van der Waals surface area contributed by atoms with Crippen LogP contribution in [0.2, 0.25) is 0 Å².